The summed E-state index contributed by atoms with van der Waals surface area (Å²) in [7, 11) is 0. The first-order valence-corrected chi connectivity index (χ1v) is 10.7. The zero-order chi connectivity index (χ0) is 24.6. The number of carbonyl (C=O) groups is 2. The van der Waals surface area contributed by atoms with Crippen molar-refractivity contribution in [1.29, 1.82) is 0 Å². The van der Waals surface area contributed by atoms with Gasteiger partial charge in [0, 0.05) is 34.4 Å². The summed E-state index contributed by atoms with van der Waals surface area (Å²) in [6, 6.07) is 13.6. The van der Waals surface area contributed by atoms with E-state index >= 15 is 0 Å². The molecular formula is C24H16Cl2F3N3O2. The van der Waals surface area contributed by atoms with Gasteiger partial charge in [0.25, 0.3) is 11.7 Å². The number of nitrogens with zero attached hydrogens (tertiary/aromatic N) is 2. The summed E-state index contributed by atoms with van der Waals surface area (Å²) in [6.07, 6.45) is -3.62. The average Bonchev–Trinajstić information content (AvgIpc) is 3.08. The van der Waals surface area contributed by atoms with Crippen LogP contribution in [0.4, 0.5) is 18.9 Å². The fraction of sp³-hybridized carbons (Fsp3) is 0.125. The molecule has 0 fully saturated rings. The number of carbonyl (C=O) groups excluding carboxylic acids is 2. The van der Waals surface area contributed by atoms with Crippen LogP contribution in [0.1, 0.15) is 27.2 Å². The Kier molecular flexibility index (Phi) is 6.38. The largest absolute Gasteiger partial charge is 0.432 e. The Morgan fingerprint density at radius 2 is 1.74 bits per heavy atom. The van der Waals surface area contributed by atoms with Gasteiger partial charge < -0.3 is 9.88 Å². The summed E-state index contributed by atoms with van der Waals surface area (Å²) in [5.74, 6) is -2.54. The molecule has 1 N–H and O–H groups in total. The number of aryl methyl sites for hydroxylation is 1. The quantitative estimate of drug-likeness (QED) is 0.190. The summed E-state index contributed by atoms with van der Waals surface area (Å²) in [5, 5.41) is 2.83. The van der Waals surface area contributed by atoms with Gasteiger partial charge in [-0.3, -0.25) is 9.59 Å². The molecular weight excluding hydrogens is 490 g/mol. The molecule has 10 heteroatoms. The highest BCUT2D eigenvalue weighted by atomic mass is 35.5. The number of amides is 1. The third-order valence-corrected chi connectivity index (χ3v) is 5.62. The fourth-order valence-electron chi connectivity index (χ4n) is 3.71. The van der Waals surface area contributed by atoms with Gasteiger partial charge >= 0.3 is 6.18 Å². The minimum atomic E-state index is -4.91. The zero-order valence-corrected chi connectivity index (χ0v) is 19.1. The van der Waals surface area contributed by atoms with Gasteiger partial charge in [-0.2, -0.15) is 13.2 Å². The van der Waals surface area contributed by atoms with Gasteiger partial charge in [-0.15, -0.1) is 0 Å². The van der Waals surface area contributed by atoms with Crippen LogP contribution in [0.15, 0.2) is 60.8 Å². The van der Waals surface area contributed by atoms with E-state index in [2.05, 4.69) is 10.3 Å². The maximum Gasteiger partial charge on any atom is 0.432 e. The van der Waals surface area contributed by atoms with Crippen LogP contribution in [0.2, 0.25) is 10.2 Å². The second-order valence-electron chi connectivity index (χ2n) is 7.61. The van der Waals surface area contributed by atoms with E-state index in [4.69, 9.17) is 23.2 Å². The second kappa shape index (κ2) is 9.12. The van der Waals surface area contributed by atoms with Crippen LogP contribution in [0.3, 0.4) is 0 Å². The van der Waals surface area contributed by atoms with E-state index in [1.165, 1.54) is 30.5 Å². The molecule has 4 aromatic rings. The van der Waals surface area contributed by atoms with Crippen molar-refractivity contribution in [2.75, 3.05) is 5.32 Å². The Morgan fingerprint density at radius 3 is 2.38 bits per heavy atom. The minimum Gasteiger partial charge on any atom is -0.332 e. The molecule has 0 aliphatic carbocycles. The van der Waals surface area contributed by atoms with Crippen LogP contribution in [0, 0.1) is 6.92 Å². The van der Waals surface area contributed by atoms with Crippen molar-refractivity contribution >= 4 is 51.5 Å². The number of pyridine rings is 1. The molecule has 5 nitrogen and oxygen atoms in total. The summed E-state index contributed by atoms with van der Waals surface area (Å²) in [5.41, 5.74) is -0.416. The molecule has 0 atom stereocenters. The van der Waals surface area contributed by atoms with Gasteiger partial charge in [0.15, 0.2) is 0 Å². The van der Waals surface area contributed by atoms with Gasteiger partial charge in [0.2, 0.25) is 0 Å². The van der Waals surface area contributed by atoms with Gasteiger partial charge in [0.1, 0.15) is 10.8 Å². The number of halogens is 5. The molecule has 0 bridgehead atoms. The number of Topliss-reactive ketones (excluding diaryl/α,β-unsaturated/α-hetero) is 1. The third kappa shape index (κ3) is 4.78. The van der Waals surface area contributed by atoms with E-state index in [-0.39, 0.29) is 28.3 Å². The van der Waals surface area contributed by atoms with Crippen molar-refractivity contribution in [2.45, 2.75) is 19.6 Å². The summed E-state index contributed by atoms with van der Waals surface area (Å²) in [6.45, 7) is 1.51. The Labute approximate surface area is 202 Å². The number of benzene rings is 2. The topological polar surface area (TPSA) is 64.0 Å². The molecule has 0 saturated heterocycles. The number of hydrogen-bond donors (Lipinski definition) is 1. The average molecular weight is 506 g/mol. The lowest BCUT2D eigenvalue weighted by Gasteiger charge is -2.15. The number of alkyl halides is 3. The lowest BCUT2D eigenvalue weighted by molar-refractivity contribution is -0.143. The van der Waals surface area contributed by atoms with Crippen molar-refractivity contribution in [3.63, 3.8) is 0 Å². The molecule has 0 aliphatic rings. The Hall–Kier alpha value is -3.36. The molecule has 0 aliphatic heterocycles. The molecule has 0 spiro atoms. The number of fused-ring (bicyclic) bond motifs is 1. The van der Waals surface area contributed by atoms with Crippen LogP contribution in [0.5, 0.6) is 0 Å². The smallest absolute Gasteiger partial charge is 0.332 e. The minimum absolute atomic E-state index is 0.0363. The summed E-state index contributed by atoms with van der Waals surface area (Å²) in [4.78, 5) is 29.6. The van der Waals surface area contributed by atoms with Crippen molar-refractivity contribution in [1.82, 2.24) is 9.55 Å². The van der Waals surface area contributed by atoms with E-state index in [0.717, 1.165) is 4.57 Å². The second-order valence-corrected chi connectivity index (χ2v) is 8.43. The van der Waals surface area contributed by atoms with Crippen LogP contribution in [-0.2, 0) is 17.5 Å². The Morgan fingerprint density at radius 1 is 1.03 bits per heavy atom. The van der Waals surface area contributed by atoms with Crippen molar-refractivity contribution < 1.29 is 22.8 Å². The van der Waals surface area contributed by atoms with E-state index in [1.54, 1.807) is 37.3 Å². The van der Waals surface area contributed by atoms with Crippen molar-refractivity contribution in [3.05, 3.63) is 93.4 Å². The van der Waals surface area contributed by atoms with E-state index in [1.807, 2.05) is 0 Å². The molecule has 2 aromatic carbocycles. The monoisotopic (exact) mass is 505 g/mol. The molecule has 1 amide bonds. The SMILES string of the molecule is Cc1ccc2c(c1)c(C(=O)C(=O)Nc1ccnc(Cl)c1)c(C(F)(F)F)n2Cc1ccc(Cl)cc1. The standard InChI is InChI=1S/C24H16Cl2F3N3O2/c1-13-2-7-18-17(10-13)20(21(33)23(34)31-16-8-9-30-19(26)11-16)22(24(27,28)29)32(18)12-14-3-5-15(25)6-4-14/h2-11H,12H2,1H3,(H,30,31,34). The van der Waals surface area contributed by atoms with Gasteiger partial charge in [-0.05, 0) is 48.9 Å². The maximum absolute atomic E-state index is 14.4. The van der Waals surface area contributed by atoms with Gasteiger partial charge in [-0.25, -0.2) is 4.98 Å². The van der Waals surface area contributed by atoms with Gasteiger partial charge in [0.05, 0.1) is 5.56 Å². The zero-order valence-electron chi connectivity index (χ0n) is 17.6. The lowest BCUT2D eigenvalue weighted by atomic mass is 10.0. The highest BCUT2D eigenvalue weighted by molar-refractivity contribution is 6.48. The number of aromatic nitrogens is 2. The van der Waals surface area contributed by atoms with Crippen LogP contribution in [0.25, 0.3) is 10.9 Å². The maximum atomic E-state index is 14.4. The lowest BCUT2D eigenvalue weighted by Crippen LogP contribution is -2.26. The molecule has 174 valence electrons. The van der Waals surface area contributed by atoms with Gasteiger partial charge in [-0.1, -0.05) is 47.0 Å². The van der Waals surface area contributed by atoms with E-state index < -0.39 is 29.1 Å². The van der Waals surface area contributed by atoms with Crippen LogP contribution in [-0.4, -0.2) is 21.2 Å². The van der Waals surface area contributed by atoms with Crippen LogP contribution >= 0.6 is 23.2 Å². The molecule has 2 heterocycles. The summed E-state index contributed by atoms with van der Waals surface area (Å²) < 4.78 is 44.1. The Bertz CT molecular complexity index is 1410. The molecule has 34 heavy (non-hydrogen) atoms. The molecule has 4 rings (SSSR count). The fourth-order valence-corrected chi connectivity index (χ4v) is 4.01. The molecule has 0 unspecified atom stereocenters. The number of nitrogens with one attached hydrogen (secondary N) is 1. The normalized spacial score (nSPS) is 11.6. The first kappa shape index (κ1) is 23.8. The number of hydrogen-bond acceptors (Lipinski definition) is 3. The van der Waals surface area contributed by atoms with Crippen molar-refractivity contribution in [3.8, 4) is 0 Å². The number of rotatable bonds is 5. The van der Waals surface area contributed by atoms with E-state index in [9.17, 15) is 22.8 Å². The highest BCUT2D eigenvalue weighted by Gasteiger charge is 2.42. The molecule has 0 radical (unpaired) electrons. The first-order chi connectivity index (χ1) is 16.0. The third-order valence-electron chi connectivity index (χ3n) is 5.16. The predicted molar refractivity (Wildman–Crippen MR) is 124 cm³/mol. The number of anilines is 1. The first-order valence-electron chi connectivity index (χ1n) is 9.96. The number of ketones is 1. The summed E-state index contributed by atoms with van der Waals surface area (Å²) >= 11 is 11.7. The predicted octanol–water partition coefficient (Wildman–Crippen LogP) is 6.54. The van der Waals surface area contributed by atoms with Crippen LogP contribution < -0.4 is 5.32 Å². The van der Waals surface area contributed by atoms with Crippen molar-refractivity contribution in [2.24, 2.45) is 0 Å². The molecule has 0 saturated carbocycles. The van der Waals surface area contributed by atoms with E-state index in [0.29, 0.717) is 16.1 Å². The molecule has 2 aromatic heterocycles. The Balaban J connectivity index is 1.87. The highest BCUT2D eigenvalue weighted by Crippen LogP contribution is 2.39.